The first-order chi connectivity index (χ1) is 13.4. The molecule has 3 rings (SSSR count). The minimum absolute atomic E-state index is 0.0176. The molecule has 0 aliphatic heterocycles. The van der Waals surface area contributed by atoms with Crippen LogP contribution in [0.15, 0.2) is 54.6 Å². The minimum atomic E-state index is -0.130. The van der Waals surface area contributed by atoms with E-state index in [4.69, 9.17) is 0 Å². The van der Waals surface area contributed by atoms with Crippen LogP contribution in [0.3, 0.4) is 0 Å². The number of benzene rings is 2. The first-order valence-electron chi connectivity index (χ1n) is 9.15. The summed E-state index contributed by atoms with van der Waals surface area (Å²) in [5.41, 5.74) is 3.45. The molecule has 0 aliphatic rings. The summed E-state index contributed by atoms with van der Waals surface area (Å²) in [7, 11) is 0. The van der Waals surface area contributed by atoms with Crippen molar-refractivity contribution >= 4 is 28.8 Å². The summed E-state index contributed by atoms with van der Waals surface area (Å²) in [6.07, 6.45) is 0. The molecule has 5 nitrogen and oxygen atoms in total. The van der Waals surface area contributed by atoms with Crippen LogP contribution in [-0.2, 0) is 11.3 Å². The van der Waals surface area contributed by atoms with E-state index in [0.717, 1.165) is 27.5 Å². The van der Waals surface area contributed by atoms with Crippen molar-refractivity contribution in [2.24, 2.45) is 5.92 Å². The van der Waals surface area contributed by atoms with Gasteiger partial charge in [-0.3, -0.25) is 9.59 Å². The Bertz CT molecular complexity index is 963. The number of thiazole rings is 1. The zero-order valence-electron chi connectivity index (χ0n) is 16.2. The van der Waals surface area contributed by atoms with Gasteiger partial charge in [-0.2, -0.15) is 0 Å². The molecule has 6 heteroatoms. The van der Waals surface area contributed by atoms with E-state index in [2.05, 4.69) is 15.6 Å². The summed E-state index contributed by atoms with van der Waals surface area (Å²) in [5, 5.41) is 6.64. The van der Waals surface area contributed by atoms with E-state index in [-0.39, 0.29) is 17.7 Å². The quantitative estimate of drug-likeness (QED) is 0.641. The lowest BCUT2D eigenvalue weighted by Crippen LogP contribution is -2.22. The molecule has 0 radical (unpaired) electrons. The smallest absolute Gasteiger partial charge is 0.263 e. The van der Waals surface area contributed by atoms with Gasteiger partial charge in [0.25, 0.3) is 5.91 Å². The van der Waals surface area contributed by atoms with Crippen LogP contribution in [0.2, 0.25) is 0 Å². The zero-order chi connectivity index (χ0) is 20.1. The number of anilines is 1. The highest BCUT2D eigenvalue weighted by Gasteiger charge is 2.16. The fourth-order valence-electron chi connectivity index (χ4n) is 2.57. The molecule has 28 heavy (non-hydrogen) atoms. The molecule has 2 N–H and O–H groups in total. The van der Waals surface area contributed by atoms with Crippen LogP contribution in [0.5, 0.6) is 0 Å². The second-order valence-corrected chi connectivity index (χ2v) is 7.82. The van der Waals surface area contributed by atoms with Gasteiger partial charge < -0.3 is 10.6 Å². The van der Waals surface area contributed by atoms with E-state index in [0.29, 0.717) is 11.4 Å². The van der Waals surface area contributed by atoms with Crippen LogP contribution in [0.4, 0.5) is 5.69 Å². The summed E-state index contributed by atoms with van der Waals surface area (Å²) < 4.78 is 0. The third kappa shape index (κ3) is 4.84. The molecule has 1 aromatic heterocycles. The molecule has 0 fully saturated rings. The molecule has 2 amide bonds. The number of rotatable bonds is 6. The van der Waals surface area contributed by atoms with Gasteiger partial charge in [-0.25, -0.2) is 4.98 Å². The van der Waals surface area contributed by atoms with Gasteiger partial charge in [-0.15, -0.1) is 11.3 Å². The van der Waals surface area contributed by atoms with E-state index in [1.54, 1.807) is 0 Å². The second kappa shape index (κ2) is 8.80. The monoisotopic (exact) mass is 393 g/mol. The van der Waals surface area contributed by atoms with Crippen LogP contribution in [-0.4, -0.2) is 16.8 Å². The van der Waals surface area contributed by atoms with Gasteiger partial charge in [0.1, 0.15) is 9.88 Å². The maximum Gasteiger partial charge on any atom is 0.263 e. The van der Waals surface area contributed by atoms with Gasteiger partial charge in [-0.05, 0) is 24.6 Å². The van der Waals surface area contributed by atoms with Crippen molar-refractivity contribution < 1.29 is 9.59 Å². The summed E-state index contributed by atoms with van der Waals surface area (Å²) in [4.78, 5) is 29.5. The minimum Gasteiger partial charge on any atom is -0.347 e. The van der Waals surface area contributed by atoms with Crippen molar-refractivity contribution in [1.82, 2.24) is 10.3 Å². The number of hydrogen-bond donors (Lipinski definition) is 2. The fourth-order valence-corrected chi connectivity index (χ4v) is 3.55. The van der Waals surface area contributed by atoms with Gasteiger partial charge in [0.05, 0.1) is 5.69 Å². The summed E-state index contributed by atoms with van der Waals surface area (Å²) >= 11 is 1.40. The van der Waals surface area contributed by atoms with Gasteiger partial charge >= 0.3 is 0 Å². The molecule has 0 bridgehead atoms. The SMILES string of the molecule is Cc1nc(-c2ccccc2)sc1C(=O)NCc1ccc(NC(=O)C(C)C)cc1. The Kier molecular flexibility index (Phi) is 6.21. The highest BCUT2D eigenvalue weighted by Crippen LogP contribution is 2.27. The number of carbonyl (C=O) groups is 2. The van der Waals surface area contributed by atoms with Gasteiger partial charge in [0, 0.05) is 23.7 Å². The Morgan fingerprint density at radius 1 is 1.04 bits per heavy atom. The number of hydrogen-bond acceptors (Lipinski definition) is 4. The number of carbonyl (C=O) groups excluding carboxylic acids is 2. The van der Waals surface area contributed by atoms with Crippen molar-refractivity contribution in [3.05, 3.63) is 70.7 Å². The normalized spacial score (nSPS) is 10.7. The highest BCUT2D eigenvalue weighted by atomic mass is 32.1. The molecule has 0 unspecified atom stereocenters. The van der Waals surface area contributed by atoms with Crippen molar-refractivity contribution in [2.75, 3.05) is 5.32 Å². The number of nitrogens with one attached hydrogen (secondary N) is 2. The number of aromatic nitrogens is 1. The van der Waals surface area contributed by atoms with Crippen molar-refractivity contribution in [3.8, 4) is 10.6 Å². The van der Waals surface area contributed by atoms with E-state index in [1.165, 1.54) is 11.3 Å². The van der Waals surface area contributed by atoms with Crippen molar-refractivity contribution in [2.45, 2.75) is 27.3 Å². The average molecular weight is 394 g/mol. The molecule has 144 valence electrons. The van der Waals surface area contributed by atoms with Crippen LogP contribution < -0.4 is 10.6 Å². The number of aryl methyl sites for hydroxylation is 1. The fraction of sp³-hybridized carbons (Fsp3) is 0.227. The lowest BCUT2D eigenvalue weighted by Gasteiger charge is -2.09. The first kappa shape index (κ1) is 19.8. The topological polar surface area (TPSA) is 71.1 Å². The third-order valence-electron chi connectivity index (χ3n) is 4.22. The van der Waals surface area contributed by atoms with E-state index >= 15 is 0 Å². The molecule has 0 saturated heterocycles. The summed E-state index contributed by atoms with van der Waals surface area (Å²) in [6.45, 7) is 5.97. The molecular formula is C22H23N3O2S. The van der Waals surface area contributed by atoms with Crippen LogP contribution in [0.1, 0.15) is 34.8 Å². The summed E-state index contributed by atoms with van der Waals surface area (Å²) in [6, 6.07) is 17.3. The molecule has 2 aromatic carbocycles. The standard InChI is InChI=1S/C22H23N3O2S/c1-14(2)20(26)25-18-11-9-16(10-12-18)13-23-21(27)19-15(3)24-22(28-19)17-7-5-4-6-8-17/h4-12,14H,13H2,1-3H3,(H,23,27)(H,25,26). The Morgan fingerprint density at radius 3 is 2.36 bits per heavy atom. The summed E-state index contributed by atoms with van der Waals surface area (Å²) in [5.74, 6) is -0.215. The van der Waals surface area contributed by atoms with Crippen LogP contribution >= 0.6 is 11.3 Å². The predicted octanol–water partition coefficient (Wildman–Crippen LogP) is 4.64. The molecule has 0 atom stereocenters. The zero-order valence-corrected chi connectivity index (χ0v) is 17.0. The molecule has 1 heterocycles. The maximum atomic E-state index is 12.6. The van der Waals surface area contributed by atoms with E-state index < -0.39 is 0 Å². The van der Waals surface area contributed by atoms with Crippen LogP contribution in [0, 0.1) is 12.8 Å². The predicted molar refractivity (Wildman–Crippen MR) is 113 cm³/mol. The number of nitrogens with zero attached hydrogens (tertiary/aromatic N) is 1. The highest BCUT2D eigenvalue weighted by molar-refractivity contribution is 7.17. The Hall–Kier alpha value is -2.99. The molecule has 0 aliphatic carbocycles. The lowest BCUT2D eigenvalue weighted by atomic mass is 10.1. The average Bonchev–Trinajstić information content (AvgIpc) is 3.09. The first-order valence-corrected chi connectivity index (χ1v) is 9.96. The van der Waals surface area contributed by atoms with Gasteiger partial charge in [-0.1, -0.05) is 56.3 Å². The Morgan fingerprint density at radius 2 is 1.71 bits per heavy atom. The molecular weight excluding hydrogens is 370 g/mol. The van der Waals surface area contributed by atoms with E-state index in [1.807, 2.05) is 75.4 Å². The van der Waals surface area contributed by atoms with Gasteiger partial charge in [0.2, 0.25) is 5.91 Å². The van der Waals surface area contributed by atoms with Crippen molar-refractivity contribution in [3.63, 3.8) is 0 Å². The lowest BCUT2D eigenvalue weighted by molar-refractivity contribution is -0.118. The number of amides is 2. The largest absolute Gasteiger partial charge is 0.347 e. The molecule has 0 spiro atoms. The van der Waals surface area contributed by atoms with Gasteiger partial charge in [0.15, 0.2) is 0 Å². The maximum absolute atomic E-state index is 12.6. The third-order valence-corrected chi connectivity index (χ3v) is 5.43. The van der Waals surface area contributed by atoms with Crippen LogP contribution in [0.25, 0.3) is 10.6 Å². The molecule has 3 aromatic rings. The van der Waals surface area contributed by atoms with E-state index in [9.17, 15) is 9.59 Å². The Labute approximate surface area is 168 Å². The second-order valence-electron chi connectivity index (χ2n) is 6.82. The Balaban J connectivity index is 1.61. The van der Waals surface area contributed by atoms with Crippen molar-refractivity contribution in [1.29, 1.82) is 0 Å². The molecule has 0 saturated carbocycles.